The van der Waals surface area contributed by atoms with Crippen molar-refractivity contribution in [3.8, 4) is 0 Å². The van der Waals surface area contributed by atoms with Crippen LogP contribution in [0, 0.1) is 0 Å². The quantitative estimate of drug-likeness (QED) is 0.913. The summed E-state index contributed by atoms with van der Waals surface area (Å²) >= 11 is 0. The van der Waals surface area contributed by atoms with Gasteiger partial charge in [-0.15, -0.1) is 0 Å². The van der Waals surface area contributed by atoms with Crippen LogP contribution in [0.25, 0.3) is 10.9 Å². The van der Waals surface area contributed by atoms with Gasteiger partial charge in [-0.25, -0.2) is 12.8 Å². The average molecular weight is 284 g/mol. The molecule has 0 bridgehead atoms. The highest BCUT2D eigenvalue weighted by Gasteiger charge is 2.19. The Hall–Kier alpha value is -1.40. The predicted molar refractivity (Wildman–Crippen MR) is 73.7 cm³/mol. The Kier molecular flexibility index (Phi) is 3.91. The maximum atomic E-state index is 12.7. The number of hydrogen-bond acceptors (Lipinski definition) is 3. The van der Waals surface area contributed by atoms with Crippen LogP contribution >= 0.6 is 0 Å². The molecule has 0 aliphatic heterocycles. The fraction of sp³-hybridized carbons (Fsp3) is 0.385. The molecule has 0 saturated carbocycles. The molecule has 0 unspecified atom stereocenters. The zero-order valence-electron chi connectivity index (χ0n) is 11.0. The van der Waals surface area contributed by atoms with E-state index in [9.17, 15) is 12.8 Å². The van der Waals surface area contributed by atoms with Crippen LogP contribution in [0.3, 0.4) is 0 Å². The maximum Gasteiger partial charge on any atom is 0.208 e. The van der Waals surface area contributed by atoms with E-state index >= 15 is 0 Å². The topological polar surface area (TPSA) is 53.2 Å². The number of likely N-dealkylation sites (N-methyl/N-ethyl adjacent to an activating group) is 1. The van der Waals surface area contributed by atoms with Crippen LogP contribution in [0.1, 0.15) is 5.56 Å². The first-order chi connectivity index (χ1) is 8.95. The summed E-state index contributed by atoms with van der Waals surface area (Å²) in [5.74, 6) is 0. The molecule has 0 saturated heterocycles. The summed E-state index contributed by atoms with van der Waals surface area (Å²) in [7, 11) is 0.0489. The molecule has 104 valence electrons. The van der Waals surface area contributed by atoms with Crippen molar-refractivity contribution < 1.29 is 12.8 Å². The van der Waals surface area contributed by atoms with Crippen molar-refractivity contribution in [1.82, 2.24) is 9.88 Å². The highest BCUT2D eigenvalue weighted by Crippen LogP contribution is 2.27. The normalized spacial score (nSPS) is 12.4. The first-order valence-electron chi connectivity index (χ1n) is 5.98. The third-order valence-electron chi connectivity index (χ3n) is 3.06. The van der Waals surface area contributed by atoms with E-state index in [-0.39, 0.29) is 4.90 Å². The lowest BCUT2D eigenvalue weighted by Gasteiger charge is -2.09. The second-order valence-electron chi connectivity index (χ2n) is 4.77. The van der Waals surface area contributed by atoms with Crippen LogP contribution < -0.4 is 0 Å². The SMILES string of the molecule is CN(C)CCc1c[nH]c2cccc(S(=O)(=O)CF)c12. The number of fused-ring (bicyclic) bond motifs is 1. The first kappa shape index (κ1) is 14.0. The Morgan fingerprint density at radius 2 is 2.05 bits per heavy atom. The monoisotopic (exact) mass is 284 g/mol. The van der Waals surface area contributed by atoms with Crippen LogP contribution in [0.5, 0.6) is 0 Å². The number of aromatic nitrogens is 1. The number of sulfone groups is 1. The van der Waals surface area contributed by atoms with Gasteiger partial charge in [0.1, 0.15) is 0 Å². The molecule has 4 nitrogen and oxygen atoms in total. The molecule has 1 heterocycles. The van der Waals surface area contributed by atoms with Crippen molar-refractivity contribution in [1.29, 1.82) is 0 Å². The van der Waals surface area contributed by atoms with Gasteiger partial charge in [-0.2, -0.15) is 0 Å². The number of H-pyrrole nitrogens is 1. The van der Waals surface area contributed by atoms with Gasteiger partial charge in [0.15, 0.2) is 6.01 Å². The van der Waals surface area contributed by atoms with Crippen LogP contribution in [0.15, 0.2) is 29.3 Å². The second-order valence-corrected chi connectivity index (χ2v) is 6.66. The number of hydrogen-bond donors (Lipinski definition) is 1. The van der Waals surface area contributed by atoms with Gasteiger partial charge in [0.05, 0.1) is 4.90 Å². The second kappa shape index (κ2) is 5.30. The predicted octanol–water partition coefficient (Wildman–Crippen LogP) is 1.97. The molecular formula is C13H17FN2O2S. The summed E-state index contributed by atoms with van der Waals surface area (Å²) in [6.45, 7) is 0.803. The highest BCUT2D eigenvalue weighted by atomic mass is 32.2. The largest absolute Gasteiger partial charge is 0.361 e. The number of nitrogens with zero attached hydrogens (tertiary/aromatic N) is 1. The third-order valence-corrected chi connectivity index (χ3v) is 4.35. The van der Waals surface area contributed by atoms with Gasteiger partial charge < -0.3 is 9.88 Å². The molecule has 2 rings (SSSR count). The summed E-state index contributed by atoms with van der Waals surface area (Å²) in [5.41, 5.74) is 1.62. The number of benzene rings is 1. The molecular weight excluding hydrogens is 267 g/mol. The zero-order valence-corrected chi connectivity index (χ0v) is 11.8. The van der Waals surface area contributed by atoms with Crippen LogP contribution in [0.2, 0.25) is 0 Å². The lowest BCUT2D eigenvalue weighted by atomic mass is 10.1. The van der Waals surface area contributed by atoms with Gasteiger partial charge in [0.2, 0.25) is 9.84 Å². The lowest BCUT2D eigenvalue weighted by Crippen LogP contribution is -2.15. The highest BCUT2D eigenvalue weighted by molar-refractivity contribution is 7.91. The van der Waals surface area contributed by atoms with Crippen molar-refractivity contribution in [3.63, 3.8) is 0 Å². The Bertz CT molecular complexity index is 677. The van der Waals surface area contributed by atoms with Gasteiger partial charge in [0, 0.05) is 23.6 Å². The molecule has 0 fully saturated rings. The molecule has 0 spiro atoms. The lowest BCUT2D eigenvalue weighted by molar-refractivity contribution is 0.414. The van der Waals surface area contributed by atoms with Crippen molar-refractivity contribution in [2.75, 3.05) is 26.6 Å². The van der Waals surface area contributed by atoms with Crippen molar-refractivity contribution in [2.45, 2.75) is 11.3 Å². The van der Waals surface area contributed by atoms with E-state index in [0.717, 1.165) is 17.6 Å². The fourth-order valence-electron chi connectivity index (χ4n) is 2.08. The van der Waals surface area contributed by atoms with Crippen molar-refractivity contribution in [2.24, 2.45) is 0 Å². The fourth-order valence-corrected chi connectivity index (χ4v) is 3.03. The molecule has 1 aromatic carbocycles. The van der Waals surface area contributed by atoms with E-state index in [1.54, 1.807) is 18.3 Å². The van der Waals surface area contributed by atoms with Crippen molar-refractivity contribution in [3.05, 3.63) is 30.0 Å². The van der Waals surface area contributed by atoms with Gasteiger partial charge >= 0.3 is 0 Å². The molecule has 0 atom stereocenters. The van der Waals surface area contributed by atoms with Crippen LogP contribution in [0.4, 0.5) is 4.39 Å². The molecule has 19 heavy (non-hydrogen) atoms. The Morgan fingerprint density at radius 3 is 2.68 bits per heavy atom. The van der Waals surface area contributed by atoms with E-state index in [0.29, 0.717) is 11.8 Å². The third kappa shape index (κ3) is 2.79. The Morgan fingerprint density at radius 1 is 1.32 bits per heavy atom. The van der Waals surface area contributed by atoms with E-state index in [1.165, 1.54) is 6.07 Å². The molecule has 0 aliphatic carbocycles. The number of aromatic amines is 1. The van der Waals surface area contributed by atoms with Crippen LogP contribution in [-0.4, -0.2) is 44.9 Å². The Labute approximate surface area is 112 Å². The van der Waals surface area contributed by atoms with Gasteiger partial charge in [-0.05, 0) is 38.2 Å². The average Bonchev–Trinajstić information content (AvgIpc) is 2.79. The first-order valence-corrected chi connectivity index (χ1v) is 7.63. The van der Waals surface area contributed by atoms with Gasteiger partial charge in [0.25, 0.3) is 0 Å². The smallest absolute Gasteiger partial charge is 0.208 e. The summed E-state index contributed by atoms with van der Waals surface area (Å²) in [5, 5.41) is 0.613. The summed E-state index contributed by atoms with van der Waals surface area (Å²) in [6, 6.07) is 3.51. The standard InChI is InChI=1S/C13H17FN2O2S/c1-16(2)7-6-10-8-15-11-4-3-5-12(13(10)11)19(17,18)9-14/h3-5,8,15H,6-7,9H2,1-2H3. The van der Waals surface area contributed by atoms with E-state index in [1.807, 2.05) is 19.0 Å². The molecule has 6 heteroatoms. The number of rotatable bonds is 5. The summed E-state index contributed by atoms with van der Waals surface area (Å²) < 4.78 is 36.3. The number of nitrogens with one attached hydrogen (secondary N) is 1. The number of halogens is 1. The number of alkyl halides is 1. The minimum atomic E-state index is -3.86. The molecule has 1 aromatic heterocycles. The molecule has 0 aliphatic rings. The molecule has 0 amide bonds. The van der Waals surface area contributed by atoms with Gasteiger partial charge in [-0.1, -0.05) is 6.07 Å². The van der Waals surface area contributed by atoms with Gasteiger partial charge in [-0.3, -0.25) is 0 Å². The van der Waals surface area contributed by atoms with E-state index < -0.39 is 15.8 Å². The molecule has 1 N–H and O–H groups in total. The molecule has 0 radical (unpaired) electrons. The summed E-state index contributed by atoms with van der Waals surface area (Å²) in [6.07, 6.45) is 2.51. The Balaban J connectivity index is 2.56. The maximum absolute atomic E-state index is 12.7. The van der Waals surface area contributed by atoms with Crippen molar-refractivity contribution >= 4 is 20.7 Å². The summed E-state index contributed by atoms with van der Waals surface area (Å²) in [4.78, 5) is 5.13. The molecule has 2 aromatic rings. The minimum absolute atomic E-state index is 0.0718. The van der Waals surface area contributed by atoms with Crippen LogP contribution in [-0.2, 0) is 16.3 Å². The zero-order chi connectivity index (χ0) is 14.0. The minimum Gasteiger partial charge on any atom is -0.361 e. The van der Waals surface area contributed by atoms with E-state index in [2.05, 4.69) is 4.98 Å². The van der Waals surface area contributed by atoms with E-state index in [4.69, 9.17) is 0 Å².